The Balaban J connectivity index is 1.57. The van der Waals surface area contributed by atoms with Crippen LogP contribution in [0.1, 0.15) is 39.9 Å². The number of halogens is 4. The van der Waals surface area contributed by atoms with E-state index in [9.17, 15) is 18.0 Å². The molecule has 44 heavy (non-hydrogen) atoms. The molecule has 0 fully saturated rings. The summed E-state index contributed by atoms with van der Waals surface area (Å²) in [7, 11) is 3.22. The number of methoxy groups -OCH3 is 1. The number of ether oxygens (including phenoxy) is 2. The highest BCUT2D eigenvalue weighted by atomic mass is 35.5. The van der Waals surface area contributed by atoms with Crippen LogP contribution in [0.5, 0.6) is 5.88 Å². The lowest BCUT2D eigenvalue weighted by molar-refractivity contribution is -0.151. The van der Waals surface area contributed by atoms with Crippen molar-refractivity contribution < 1.29 is 27.4 Å². The highest BCUT2D eigenvalue weighted by Gasteiger charge is 2.44. The molecular formula is C32H24ClF3N4O3S. The van der Waals surface area contributed by atoms with E-state index in [4.69, 9.17) is 26.1 Å². The van der Waals surface area contributed by atoms with Gasteiger partial charge in [-0.05, 0) is 35.7 Å². The Labute approximate surface area is 258 Å². The van der Waals surface area contributed by atoms with Crippen LogP contribution >= 0.6 is 22.9 Å². The zero-order valence-corrected chi connectivity index (χ0v) is 25.2. The molecule has 1 atom stereocenters. The van der Waals surface area contributed by atoms with Gasteiger partial charge in [0.1, 0.15) is 5.69 Å². The molecule has 0 amide bonds. The van der Waals surface area contributed by atoms with Crippen LogP contribution in [0.4, 0.5) is 13.2 Å². The SMILES string of the molecule is COc1nc2ccc(C(OC(C)=O)(c3ccc(C(F)(F)F)nc3)c3cncn3C)cc2c(Cl)c1Cc1cc2ccccc2s1. The number of carbonyl (C=O) groups excluding carboxylic acids is 1. The molecule has 1 unspecified atom stereocenters. The van der Waals surface area contributed by atoms with Gasteiger partial charge in [0, 0.05) is 58.2 Å². The van der Waals surface area contributed by atoms with Gasteiger partial charge in [-0.1, -0.05) is 41.9 Å². The number of benzene rings is 2. The summed E-state index contributed by atoms with van der Waals surface area (Å²) < 4.78 is 54.7. The van der Waals surface area contributed by atoms with Crippen molar-refractivity contribution in [1.29, 1.82) is 0 Å². The summed E-state index contributed by atoms with van der Waals surface area (Å²) in [5.41, 5.74) is -0.637. The fourth-order valence-corrected chi connectivity index (χ4v) is 6.77. The maximum absolute atomic E-state index is 13.4. The summed E-state index contributed by atoms with van der Waals surface area (Å²) in [6.45, 7) is 1.23. The maximum Gasteiger partial charge on any atom is 0.433 e. The number of hydrogen-bond donors (Lipinski definition) is 0. The predicted molar refractivity (Wildman–Crippen MR) is 162 cm³/mol. The molecule has 6 aromatic rings. The zero-order valence-electron chi connectivity index (χ0n) is 23.6. The van der Waals surface area contributed by atoms with Gasteiger partial charge >= 0.3 is 12.1 Å². The van der Waals surface area contributed by atoms with Gasteiger partial charge in [-0.15, -0.1) is 11.3 Å². The minimum atomic E-state index is -4.65. The largest absolute Gasteiger partial charge is 0.481 e. The minimum absolute atomic E-state index is 0.187. The average molecular weight is 637 g/mol. The first-order chi connectivity index (χ1) is 21.0. The van der Waals surface area contributed by atoms with Gasteiger partial charge in [0.2, 0.25) is 11.5 Å². The average Bonchev–Trinajstić information content (AvgIpc) is 3.62. The highest BCUT2D eigenvalue weighted by Crippen LogP contribution is 2.44. The molecule has 0 aliphatic heterocycles. The van der Waals surface area contributed by atoms with Crippen molar-refractivity contribution in [2.24, 2.45) is 7.05 Å². The number of rotatable bonds is 7. The van der Waals surface area contributed by atoms with Gasteiger partial charge in [-0.25, -0.2) is 9.97 Å². The topological polar surface area (TPSA) is 79.1 Å². The van der Waals surface area contributed by atoms with Crippen molar-refractivity contribution in [3.05, 3.63) is 117 Å². The van der Waals surface area contributed by atoms with Crippen LogP contribution < -0.4 is 4.74 Å². The minimum Gasteiger partial charge on any atom is -0.481 e. The lowest BCUT2D eigenvalue weighted by atomic mass is 9.83. The molecule has 2 aromatic carbocycles. The number of hydrogen-bond acceptors (Lipinski definition) is 7. The van der Waals surface area contributed by atoms with Crippen molar-refractivity contribution in [3.8, 4) is 5.88 Å². The summed E-state index contributed by atoms with van der Waals surface area (Å²) in [4.78, 5) is 26.3. The predicted octanol–water partition coefficient (Wildman–Crippen LogP) is 7.70. The molecule has 224 valence electrons. The first kappa shape index (κ1) is 29.6. The molecule has 0 saturated heterocycles. The van der Waals surface area contributed by atoms with Gasteiger partial charge in [-0.3, -0.25) is 9.78 Å². The number of imidazole rings is 1. The van der Waals surface area contributed by atoms with Gasteiger partial charge in [0.05, 0.1) is 35.9 Å². The number of nitrogens with zero attached hydrogens (tertiary/aromatic N) is 4. The lowest BCUT2D eigenvalue weighted by Crippen LogP contribution is -2.36. The molecule has 6 rings (SSSR count). The second-order valence-corrected chi connectivity index (χ2v) is 11.7. The van der Waals surface area contributed by atoms with Crippen molar-refractivity contribution in [1.82, 2.24) is 19.5 Å². The number of fused-ring (bicyclic) bond motifs is 2. The Kier molecular flexibility index (Phi) is 7.54. The molecule has 12 heteroatoms. The number of thiophene rings is 1. The van der Waals surface area contributed by atoms with Gasteiger partial charge in [-0.2, -0.15) is 13.2 Å². The third kappa shape index (κ3) is 5.16. The van der Waals surface area contributed by atoms with E-state index in [1.54, 1.807) is 41.2 Å². The van der Waals surface area contributed by atoms with Crippen LogP contribution in [0.15, 0.2) is 79.4 Å². The molecule has 0 radical (unpaired) electrons. The lowest BCUT2D eigenvalue weighted by Gasteiger charge is -2.34. The van der Waals surface area contributed by atoms with E-state index in [2.05, 4.69) is 22.1 Å². The molecule has 0 aliphatic rings. The van der Waals surface area contributed by atoms with Crippen LogP contribution in [-0.2, 0) is 34.8 Å². The highest BCUT2D eigenvalue weighted by molar-refractivity contribution is 7.19. The number of esters is 1. The van der Waals surface area contributed by atoms with Crippen LogP contribution in [0.3, 0.4) is 0 Å². The fourth-order valence-electron chi connectivity index (χ4n) is 5.40. The maximum atomic E-state index is 13.4. The van der Waals surface area contributed by atoms with Gasteiger partial charge in [0.25, 0.3) is 0 Å². The number of pyridine rings is 2. The van der Waals surface area contributed by atoms with Crippen molar-refractivity contribution >= 4 is 49.9 Å². The molecule has 0 N–H and O–H groups in total. The molecule has 0 aliphatic carbocycles. The van der Waals surface area contributed by atoms with E-state index in [0.29, 0.717) is 45.0 Å². The van der Waals surface area contributed by atoms with Gasteiger partial charge in [0.15, 0.2) is 0 Å². The summed E-state index contributed by atoms with van der Waals surface area (Å²) in [6.07, 6.45) is -0.140. The Morgan fingerprint density at radius 1 is 1.05 bits per heavy atom. The molecule has 4 heterocycles. The monoisotopic (exact) mass is 636 g/mol. The first-order valence-corrected chi connectivity index (χ1v) is 14.5. The molecule has 7 nitrogen and oxygen atoms in total. The third-order valence-electron chi connectivity index (χ3n) is 7.34. The van der Waals surface area contributed by atoms with Gasteiger partial charge < -0.3 is 14.0 Å². The van der Waals surface area contributed by atoms with Crippen LogP contribution in [-0.4, -0.2) is 32.6 Å². The Bertz CT molecular complexity index is 1990. The van der Waals surface area contributed by atoms with Crippen LogP contribution in [0.25, 0.3) is 21.0 Å². The first-order valence-electron chi connectivity index (χ1n) is 13.4. The van der Waals surface area contributed by atoms with Crippen LogP contribution in [0.2, 0.25) is 5.02 Å². The van der Waals surface area contributed by atoms with E-state index in [-0.39, 0.29) is 5.56 Å². The molecule has 0 spiro atoms. The standard InChI is InChI=1S/C32H24ClF3N4O3S/c1-18(41)43-31(28-16-37-17-40(28)2,21-9-11-27(38-15-21)32(34,35)36)20-8-10-25-23(13-20)29(33)24(30(39-25)42-3)14-22-12-19-6-4-5-7-26(19)44-22/h4-13,15-17H,14H2,1-3H3. The summed E-state index contributed by atoms with van der Waals surface area (Å²) >= 11 is 8.74. The molecule has 0 bridgehead atoms. The van der Waals surface area contributed by atoms with Crippen molar-refractivity contribution in [2.45, 2.75) is 25.1 Å². The van der Waals surface area contributed by atoms with E-state index >= 15 is 0 Å². The summed E-state index contributed by atoms with van der Waals surface area (Å²) in [5.74, 6) is -0.298. The van der Waals surface area contributed by atoms with E-state index < -0.39 is 23.4 Å². The van der Waals surface area contributed by atoms with Crippen LogP contribution in [0, 0.1) is 0 Å². The Morgan fingerprint density at radius 2 is 1.82 bits per heavy atom. The van der Waals surface area contributed by atoms with Crippen molar-refractivity contribution in [2.75, 3.05) is 7.11 Å². The smallest absolute Gasteiger partial charge is 0.433 e. The molecular weight excluding hydrogens is 613 g/mol. The quantitative estimate of drug-likeness (QED) is 0.167. The summed E-state index contributed by atoms with van der Waals surface area (Å²) in [6, 6.07) is 17.4. The fraction of sp³-hybridized carbons (Fsp3) is 0.188. The number of aromatic nitrogens is 4. The van der Waals surface area contributed by atoms with E-state index in [0.717, 1.165) is 27.2 Å². The van der Waals surface area contributed by atoms with E-state index in [1.807, 2.05) is 18.2 Å². The number of aryl methyl sites for hydroxylation is 1. The third-order valence-corrected chi connectivity index (χ3v) is 8.89. The second kappa shape index (κ2) is 11.2. The number of alkyl halides is 3. The Hall–Kier alpha value is -4.48. The molecule has 4 aromatic heterocycles. The zero-order chi connectivity index (χ0) is 31.2. The number of carbonyl (C=O) groups is 1. The molecule has 0 saturated carbocycles. The summed E-state index contributed by atoms with van der Waals surface area (Å²) in [5, 5.41) is 2.05. The normalized spacial score (nSPS) is 13.2. The second-order valence-electron chi connectivity index (χ2n) is 10.2. The Morgan fingerprint density at radius 3 is 2.45 bits per heavy atom. The van der Waals surface area contributed by atoms with Crippen molar-refractivity contribution in [3.63, 3.8) is 0 Å². The van der Waals surface area contributed by atoms with E-state index in [1.165, 1.54) is 32.6 Å².